The lowest BCUT2D eigenvalue weighted by Crippen LogP contribution is -2.14. The van der Waals surface area contributed by atoms with Gasteiger partial charge in [0.2, 0.25) is 5.91 Å². The van der Waals surface area contributed by atoms with Crippen LogP contribution in [0.25, 0.3) is 22.0 Å². The number of alkyl halides is 3. The predicted octanol–water partition coefficient (Wildman–Crippen LogP) is 4.71. The van der Waals surface area contributed by atoms with Gasteiger partial charge < -0.3 is 5.32 Å². The van der Waals surface area contributed by atoms with Crippen LogP contribution >= 0.6 is 11.3 Å². The van der Waals surface area contributed by atoms with Gasteiger partial charge in [0.05, 0.1) is 5.69 Å². The third kappa shape index (κ3) is 4.12. The summed E-state index contributed by atoms with van der Waals surface area (Å²) in [4.78, 5) is 25.6. The second kappa shape index (κ2) is 8.20. The van der Waals surface area contributed by atoms with E-state index in [4.69, 9.17) is 0 Å². The Labute approximate surface area is 195 Å². The zero-order valence-corrected chi connectivity index (χ0v) is 18.9. The first-order chi connectivity index (χ1) is 16.2. The van der Waals surface area contributed by atoms with Crippen LogP contribution in [0.4, 0.5) is 18.9 Å². The van der Waals surface area contributed by atoms with Crippen molar-refractivity contribution in [1.82, 2.24) is 29.0 Å². The summed E-state index contributed by atoms with van der Waals surface area (Å²) in [7, 11) is 0. The van der Waals surface area contributed by atoms with Crippen LogP contribution in [0.1, 0.15) is 29.2 Å². The zero-order valence-electron chi connectivity index (χ0n) is 18.1. The van der Waals surface area contributed by atoms with Gasteiger partial charge in [0.15, 0.2) is 4.96 Å². The normalized spacial score (nSPS) is 12.0. The number of fused-ring (bicyclic) bond motifs is 2. The van der Waals surface area contributed by atoms with E-state index in [1.807, 2.05) is 34.3 Å². The van der Waals surface area contributed by atoms with Gasteiger partial charge in [-0.1, -0.05) is 12.1 Å². The van der Waals surface area contributed by atoms with Crippen molar-refractivity contribution in [1.29, 1.82) is 0 Å². The number of carbonyl (C=O) groups is 1. The Hall–Kier alpha value is -3.80. The summed E-state index contributed by atoms with van der Waals surface area (Å²) in [6.45, 7) is 3.32. The molecule has 0 bridgehead atoms. The lowest BCUT2D eigenvalue weighted by Gasteiger charge is -2.11. The van der Waals surface area contributed by atoms with Gasteiger partial charge in [0.1, 0.15) is 0 Å². The van der Waals surface area contributed by atoms with Gasteiger partial charge in [-0.25, -0.2) is 14.5 Å². The van der Waals surface area contributed by atoms with Crippen molar-refractivity contribution in [2.45, 2.75) is 32.9 Å². The molecule has 1 N–H and O–H groups in total. The topological polar surface area (TPSA) is 89.5 Å². The molecular formula is C22H18F3N7OS. The first kappa shape index (κ1) is 22.0. The fourth-order valence-corrected chi connectivity index (χ4v) is 4.44. The number of hydrogen-bond acceptors (Lipinski definition) is 6. The van der Waals surface area contributed by atoms with Crippen LogP contribution < -0.4 is 5.32 Å². The summed E-state index contributed by atoms with van der Waals surface area (Å²) < 4.78 is 41.9. The molecule has 0 saturated heterocycles. The molecule has 0 aliphatic heterocycles. The largest absolute Gasteiger partial charge is 0.453 e. The second-order valence-electron chi connectivity index (χ2n) is 7.75. The predicted molar refractivity (Wildman–Crippen MR) is 121 cm³/mol. The minimum atomic E-state index is -4.66. The number of anilines is 1. The molecule has 1 aromatic carbocycles. The van der Waals surface area contributed by atoms with Crippen molar-refractivity contribution in [3.8, 4) is 11.3 Å². The van der Waals surface area contributed by atoms with E-state index in [-0.39, 0.29) is 18.1 Å². The third-order valence-electron chi connectivity index (χ3n) is 5.46. The van der Waals surface area contributed by atoms with E-state index in [0.29, 0.717) is 29.1 Å². The average Bonchev–Trinajstić information content (AvgIpc) is 3.48. The smallest absolute Gasteiger partial charge is 0.326 e. The van der Waals surface area contributed by atoms with Gasteiger partial charge in [-0.15, -0.1) is 16.4 Å². The molecule has 0 saturated carbocycles. The highest BCUT2D eigenvalue weighted by molar-refractivity contribution is 7.15. The Morgan fingerprint density at radius 2 is 1.88 bits per heavy atom. The maximum atomic E-state index is 13.0. The number of imidazole rings is 1. The van der Waals surface area contributed by atoms with Gasteiger partial charge in [0, 0.05) is 46.8 Å². The molecule has 0 unspecified atom stereocenters. The quantitative estimate of drug-likeness (QED) is 0.390. The highest BCUT2D eigenvalue weighted by atomic mass is 32.1. The van der Waals surface area contributed by atoms with E-state index in [0.717, 1.165) is 20.7 Å². The van der Waals surface area contributed by atoms with Gasteiger partial charge in [0.25, 0.3) is 11.6 Å². The number of rotatable bonds is 5. The highest BCUT2D eigenvalue weighted by Crippen LogP contribution is 2.27. The lowest BCUT2D eigenvalue weighted by molar-refractivity contribution is -0.144. The monoisotopic (exact) mass is 485 g/mol. The fourth-order valence-electron chi connectivity index (χ4n) is 3.74. The van der Waals surface area contributed by atoms with Crippen LogP contribution in [-0.4, -0.2) is 34.9 Å². The van der Waals surface area contributed by atoms with Crippen molar-refractivity contribution in [2.75, 3.05) is 5.32 Å². The van der Waals surface area contributed by atoms with Crippen LogP contribution in [0.2, 0.25) is 0 Å². The van der Waals surface area contributed by atoms with Crippen molar-refractivity contribution in [3.63, 3.8) is 0 Å². The molecule has 4 aromatic heterocycles. The Morgan fingerprint density at radius 3 is 2.59 bits per heavy atom. The summed E-state index contributed by atoms with van der Waals surface area (Å²) in [6.07, 6.45) is -0.328. The number of aryl methyl sites for hydroxylation is 2. The number of nitrogens with one attached hydrogen (secondary N) is 1. The average molecular weight is 485 g/mol. The Balaban J connectivity index is 1.26. The zero-order chi connectivity index (χ0) is 24.0. The van der Waals surface area contributed by atoms with Crippen LogP contribution in [0.15, 0.2) is 42.0 Å². The van der Waals surface area contributed by atoms with Gasteiger partial charge in [-0.05, 0) is 38.0 Å². The maximum Gasteiger partial charge on any atom is 0.453 e. The molecule has 5 rings (SSSR count). The van der Waals surface area contributed by atoms with E-state index < -0.39 is 12.0 Å². The van der Waals surface area contributed by atoms with Gasteiger partial charge in [-0.2, -0.15) is 18.2 Å². The van der Waals surface area contributed by atoms with Gasteiger partial charge in [-0.3, -0.25) is 9.20 Å². The van der Waals surface area contributed by atoms with Crippen molar-refractivity contribution in [3.05, 3.63) is 64.8 Å². The maximum absolute atomic E-state index is 13.0. The Bertz CT molecular complexity index is 1490. The number of thiazole rings is 1. The molecular weight excluding hydrogens is 467 g/mol. The third-order valence-corrected chi connectivity index (χ3v) is 6.23. The lowest BCUT2D eigenvalue weighted by atomic mass is 10.1. The Kier molecular flexibility index (Phi) is 5.31. The number of carbonyl (C=O) groups excluding carboxylic acids is 1. The van der Waals surface area contributed by atoms with E-state index in [1.54, 1.807) is 37.3 Å². The molecule has 0 aliphatic rings. The summed E-state index contributed by atoms with van der Waals surface area (Å²) >= 11 is 1.55. The van der Waals surface area contributed by atoms with Crippen molar-refractivity contribution < 1.29 is 18.0 Å². The molecule has 0 atom stereocenters. The highest BCUT2D eigenvalue weighted by Gasteiger charge is 2.37. The molecule has 5 aromatic rings. The molecule has 1 amide bonds. The second-order valence-corrected chi connectivity index (χ2v) is 8.62. The van der Waals surface area contributed by atoms with E-state index >= 15 is 0 Å². The fraction of sp³-hybridized carbons (Fsp3) is 0.227. The van der Waals surface area contributed by atoms with E-state index in [2.05, 4.69) is 25.4 Å². The number of nitrogens with zero attached hydrogens (tertiary/aromatic N) is 6. The van der Waals surface area contributed by atoms with Crippen molar-refractivity contribution >= 4 is 33.7 Å². The SMILES string of the molecule is Cc1nc2nc(C(F)(F)F)nn2c(C)c1CCC(=O)Nc1ccc(-c2cn3ccsc3n2)cc1. The van der Waals surface area contributed by atoms with Crippen molar-refractivity contribution in [2.24, 2.45) is 0 Å². The summed E-state index contributed by atoms with van der Waals surface area (Å²) in [6, 6.07) is 7.38. The molecule has 8 nitrogen and oxygen atoms in total. The first-order valence-electron chi connectivity index (χ1n) is 10.3. The molecule has 4 heterocycles. The number of benzene rings is 1. The van der Waals surface area contributed by atoms with E-state index in [9.17, 15) is 18.0 Å². The number of halogens is 3. The number of hydrogen-bond donors (Lipinski definition) is 1. The Morgan fingerprint density at radius 1 is 1.12 bits per heavy atom. The minimum absolute atomic E-state index is 0.117. The summed E-state index contributed by atoms with van der Waals surface area (Å²) in [5, 5.41) is 8.35. The van der Waals surface area contributed by atoms with Crippen LogP contribution in [-0.2, 0) is 17.4 Å². The number of aromatic nitrogens is 6. The van der Waals surface area contributed by atoms with Crippen LogP contribution in [0, 0.1) is 13.8 Å². The van der Waals surface area contributed by atoms with Crippen LogP contribution in [0.3, 0.4) is 0 Å². The molecule has 0 radical (unpaired) electrons. The molecule has 34 heavy (non-hydrogen) atoms. The van der Waals surface area contributed by atoms with Crippen LogP contribution in [0.5, 0.6) is 0 Å². The first-order valence-corrected chi connectivity index (χ1v) is 11.2. The molecule has 174 valence electrons. The van der Waals surface area contributed by atoms with Gasteiger partial charge >= 0.3 is 6.18 Å². The number of amides is 1. The molecule has 12 heteroatoms. The molecule has 0 aliphatic carbocycles. The molecule has 0 spiro atoms. The molecule has 0 fully saturated rings. The standard InChI is InChI=1S/C22H18F3N7OS/c1-12-16(13(2)32-20(26-12)29-19(30-32)22(23,24)25)7-8-18(33)27-15-5-3-14(4-6-15)17-11-31-9-10-34-21(31)28-17/h3-6,9-11H,7-8H2,1-2H3,(H,27,33). The van der Waals surface area contributed by atoms with E-state index in [1.165, 1.54) is 0 Å². The summed E-state index contributed by atoms with van der Waals surface area (Å²) in [5.41, 5.74) is 4.08. The summed E-state index contributed by atoms with van der Waals surface area (Å²) in [5.74, 6) is -1.58. The minimum Gasteiger partial charge on any atom is -0.326 e.